The third-order valence-electron chi connectivity index (χ3n) is 2.19. The van der Waals surface area contributed by atoms with Gasteiger partial charge in [0.15, 0.2) is 0 Å². The molecule has 0 aliphatic rings. The molecule has 17 heavy (non-hydrogen) atoms. The van der Waals surface area contributed by atoms with Gasteiger partial charge < -0.3 is 24.6 Å². The number of rotatable bonds is 13. The molecule has 1 unspecified atom stereocenters. The molecule has 5 nitrogen and oxygen atoms in total. The summed E-state index contributed by atoms with van der Waals surface area (Å²) < 4.78 is 15.4. The quantitative estimate of drug-likeness (QED) is 0.463. The Morgan fingerprint density at radius 3 is 2.65 bits per heavy atom. The van der Waals surface area contributed by atoms with Crippen molar-refractivity contribution in [1.29, 1.82) is 0 Å². The van der Waals surface area contributed by atoms with E-state index in [1.54, 1.807) is 7.11 Å². The number of aliphatic hydroxyl groups is 1. The van der Waals surface area contributed by atoms with Gasteiger partial charge in [0.2, 0.25) is 0 Å². The molecule has 0 bridgehead atoms. The van der Waals surface area contributed by atoms with E-state index in [-0.39, 0.29) is 0 Å². The van der Waals surface area contributed by atoms with Gasteiger partial charge in [-0.1, -0.05) is 13.3 Å². The standard InChI is InChI=1S/C12H27NO4/c1-3-4-6-16-7-5-13-10-12(14)11-17-9-8-15-2/h12-14H,3-11H2,1-2H3. The zero-order valence-electron chi connectivity index (χ0n) is 11.1. The van der Waals surface area contributed by atoms with Crippen LogP contribution in [0, 0.1) is 0 Å². The summed E-state index contributed by atoms with van der Waals surface area (Å²) in [6.45, 7) is 6.37. The fourth-order valence-corrected chi connectivity index (χ4v) is 1.18. The Balaban J connectivity index is 3.08. The molecule has 5 heteroatoms. The van der Waals surface area contributed by atoms with Crippen LogP contribution in [0.5, 0.6) is 0 Å². The molecule has 0 aliphatic carbocycles. The van der Waals surface area contributed by atoms with Crippen molar-refractivity contribution in [3.63, 3.8) is 0 Å². The van der Waals surface area contributed by atoms with E-state index < -0.39 is 6.10 Å². The van der Waals surface area contributed by atoms with Gasteiger partial charge in [0, 0.05) is 26.8 Å². The highest BCUT2D eigenvalue weighted by Gasteiger charge is 2.02. The summed E-state index contributed by atoms with van der Waals surface area (Å²) >= 11 is 0. The van der Waals surface area contributed by atoms with Crippen LogP contribution in [0.3, 0.4) is 0 Å². The Bertz CT molecular complexity index is 146. The zero-order chi connectivity index (χ0) is 12.8. The lowest BCUT2D eigenvalue weighted by Crippen LogP contribution is -2.32. The Kier molecular flexibility index (Phi) is 13.7. The average molecular weight is 249 g/mol. The number of methoxy groups -OCH3 is 1. The first-order valence-corrected chi connectivity index (χ1v) is 6.34. The van der Waals surface area contributed by atoms with Crippen LogP contribution < -0.4 is 5.32 Å². The van der Waals surface area contributed by atoms with E-state index in [0.717, 1.165) is 26.0 Å². The molecule has 0 aliphatic heterocycles. The molecule has 0 radical (unpaired) electrons. The Labute approximate surface area is 104 Å². The molecule has 0 saturated carbocycles. The lowest BCUT2D eigenvalue weighted by atomic mass is 10.3. The topological polar surface area (TPSA) is 60.0 Å². The van der Waals surface area contributed by atoms with Crippen molar-refractivity contribution >= 4 is 0 Å². The van der Waals surface area contributed by atoms with Crippen LogP contribution in [0.1, 0.15) is 19.8 Å². The van der Waals surface area contributed by atoms with Crippen molar-refractivity contribution in [2.45, 2.75) is 25.9 Å². The van der Waals surface area contributed by atoms with E-state index in [9.17, 15) is 5.11 Å². The van der Waals surface area contributed by atoms with Crippen LogP contribution in [-0.2, 0) is 14.2 Å². The second kappa shape index (κ2) is 13.9. The second-order valence-corrected chi connectivity index (χ2v) is 3.89. The molecule has 0 saturated heterocycles. The van der Waals surface area contributed by atoms with E-state index in [4.69, 9.17) is 14.2 Å². The van der Waals surface area contributed by atoms with Crippen molar-refractivity contribution in [2.75, 3.05) is 53.2 Å². The monoisotopic (exact) mass is 249 g/mol. The van der Waals surface area contributed by atoms with Gasteiger partial charge in [-0.15, -0.1) is 0 Å². The summed E-state index contributed by atoms with van der Waals surface area (Å²) in [5.41, 5.74) is 0. The van der Waals surface area contributed by atoms with E-state index in [2.05, 4.69) is 12.2 Å². The number of aliphatic hydroxyl groups excluding tert-OH is 1. The van der Waals surface area contributed by atoms with E-state index in [0.29, 0.717) is 33.0 Å². The summed E-state index contributed by atoms with van der Waals surface area (Å²) in [4.78, 5) is 0. The molecule has 0 aromatic rings. The first-order chi connectivity index (χ1) is 8.31. The largest absolute Gasteiger partial charge is 0.389 e. The van der Waals surface area contributed by atoms with Crippen LogP contribution in [0.15, 0.2) is 0 Å². The minimum Gasteiger partial charge on any atom is -0.389 e. The van der Waals surface area contributed by atoms with Gasteiger partial charge in [-0.3, -0.25) is 0 Å². The van der Waals surface area contributed by atoms with E-state index in [1.807, 2.05) is 0 Å². The summed E-state index contributed by atoms with van der Waals surface area (Å²) in [5.74, 6) is 0. The van der Waals surface area contributed by atoms with E-state index >= 15 is 0 Å². The highest BCUT2D eigenvalue weighted by molar-refractivity contribution is 4.57. The molecule has 1 atom stereocenters. The van der Waals surface area contributed by atoms with Crippen LogP contribution in [0.25, 0.3) is 0 Å². The highest BCUT2D eigenvalue weighted by Crippen LogP contribution is 1.87. The van der Waals surface area contributed by atoms with Crippen molar-refractivity contribution in [3.05, 3.63) is 0 Å². The number of nitrogens with one attached hydrogen (secondary N) is 1. The molecule has 0 aromatic heterocycles. The molecule has 2 N–H and O–H groups in total. The summed E-state index contributed by atoms with van der Waals surface area (Å²) in [7, 11) is 1.62. The normalized spacial score (nSPS) is 12.9. The van der Waals surface area contributed by atoms with Crippen molar-refractivity contribution in [1.82, 2.24) is 5.32 Å². The third kappa shape index (κ3) is 13.7. The number of unbranched alkanes of at least 4 members (excludes halogenated alkanes) is 1. The third-order valence-corrected chi connectivity index (χ3v) is 2.19. The van der Waals surface area contributed by atoms with Crippen molar-refractivity contribution in [3.8, 4) is 0 Å². The van der Waals surface area contributed by atoms with Gasteiger partial charge in [0.05, 0.1) is 32.5 Å². The maximum Gasteiger partial charge on any atom is 0.0897 e. The minimum absolute atomic E-state index is 0.340. The van der Waals surface area contributed by atoms with Gasteiger partial charge >= 0.3 is 0 Å². The number of ether oxygens (including phenoxy) is 3. The predicted octanol–water partition coefficient (Wildman–Crippen LogP) is 0.417. The Morgan fingerprint density at radius 1 is 1.12 bits per heavy atom. The number of hydrogen-bond donors (Lipinski definition) is 2. The summed E-state index contributed by atoms with van der Waals surface area (Å²) in [6.07, 6.45) is 1.79. The average Bonchev–Trinajstić information content (AvgIpc) is 2.33. The van der Waals surface area contributed by atoms with Crippen LogP contribution in [-0.4, -0.2) is 64.4 Å². The van der Waals surface area contributed by atoms with Crippen molar-refractivity contribution < 1.29 is 19.3 Å². The van der Waals surface area contributed by atoms with Gasteiger partial charge in [-0.25, -0.2) is 0 Å². The second-order valence-electron chi connectivity index (χ2n) is 3.89. The Morgan fingerprint density at radius 2 is 1.94 bits per heavy atom. The summed E-state index contributed by atoms with van der Waals surface area (Å²) in [5, 5.41) is 12.6. The van der Waals surface area contributed by atoms with Crippen LogP contribution >= 0.6 is 0 Å². The van der Waals surface area contributed by atoms with E-state index in [1.165, 1.54) is 0 Å². The fourth-order valence-electron chi connectivity index (χ4n) is 1.18. The van der Waals surface area contributed by atoms with Gasteiger partial charge in [-0.05, 0) is 6.42 Å². The van der Waals surface area contributed by atoms with Gasteiger partial charge in [0.1, 0.15) is 0 Å². The molecule has 0 spiro atoms. The number of hydrogen-bond acceptors (Lipinski definition) is 5. The first-order valence-electron chi connectivity index (χ1n) is 6.34. The molecular formula is C12H27NO4. The van der Waals surface area contributed by atoms with Crippen LogP contribution in [0.4, 0.5) is 0 Å². The Hall–Kier alpha value is -0.200. The van der Waals surface area contributed by atoms with Crippen molar-refractivity contribution in [2.24, 2.45) is 0 Å². The van der Waals surface area contributed by atoms with Gasteiger partial charge in [-0.2, -0.15) is 0 Å². The molecule has 0 rings (SSSR count). The van der Waals surface area contributed by atoms with Gasteiger partial charge in [0.25, 0.3) is 0 Å². The SMILES string of the molecule is CCCCOCCNCC(O)COCCOC. The maximum atomic E-state index is 9.52. The lowest BCUT2D eigenvalue weighted by Gasteiger charge is -2.12. The molecule has 0 heterocycles. The fraction of sp³-hybridized carbons (Fsp3) is 1.00. The predicted molar refractivity (Wildman–Crippen MR) is 67.3 cm³/mol. The summed E-state index contributed by atoms with van der Waals surface area (Å²) in [6, 6.07) is 0. The molecule has 0 fully saturated rings. The first kappa shape index (κ1) is 16.8. The molecular weight excluding hydrogens is 222 g/mol. The molecule has 0 aromatic carbocycles. The van der Waals surface area contributed by atoms with Crippen LogP contribution in [0.2, 0.25) is 0 Å². The minimum atomic E-state index is -0.470. The maximum absolute atomic E-state index is 9.52. The molecule has 104 valence electrons. The molecule has 0 amide bonds. The lowest BCUT2D eigenvalue weighted by molar-refractivity contribution is 0.0131. The smallest absolute Gasteiger partial charge is 0.0897 e. The highest BCUT2D eigenvalue weighted by atomic mass is 16.5. The zero-order valence-corrected chi connectivity index (χ0v) is 11.1.